The van der Waals surface area contributed by atoms with Gasteiger partial charge in [0.05, 0.1) is 16.2 Å². The molecular formula is C16H20N4O3. The van der Waals surface area contributed by atoms with Gasteiger partial charge in [0, 0.05) is 43.7 Å². The highest BCUT2D eigenvalue weighted by Crippen LogP contribution is 2.27. The van der Waals surface area contributed by atoms with Gasteiger partial charge in [0.1, 0.15) is 6.07 Å². The van der Waals surface area contributed by atoms with Gasteiger partial charge in [0.2, 0.25) is 5.91 Å². The Kier molecular flexibility index (Phi) is 4.55. The van der Waals surface area contributed by atoms with Crippen molar-refractivity contribution in [2.75, 3.05) is 31.1 Å². The van der Waals surface area contributed by atoms with Gasteiger partial charge in [-0.1, -0.05) is 20.8 Å². The fraction of sp³-hybridized carbons (Fsp3) is 0.500. The van der Waals surface area contributed by atoms with E-state index in [0.29, 0.717) is 31.9 Å². The normalized spacial score (nSPS) is 15.2. The minimum Gasteiger partial charge on any atom is -0.367 e. The first-order valence-corrected chi connectivity index (χ1v) is 7.47. The smallest absolute Gasteiger partial charge is 0.270 e. The molecule has 0 atom stereocenters. The number of benzene rings is 1. The molecule has 1 aromatic rings. The van der Waals surface area contributed by atoms with Crippen molar-refractivity contribution in [3.05, 3.63) is 33.9 Å². The van der Waals surface area contributed by atoms with Crippen LogP contribution in [0.1, 0.15) is 26.3 Å². The number of hydrogen-bond acceptors (Lipinski definition) is 5. The van der Waals surface area contributed by atoms with Crippen LogP contribution in [0.3, 0.4) is 0 Å². The van der Waals surface area contributed by atoms with Crippen LogP contribution in [0.4, 0.5) is 11.4 Å². The maximum absolute atomic E-state index is 12.3. The summed E-state index contributed by atoms with van der Waals surface area (Å²) in [6.45, 7) is 8.06. The van der Waals surface area contributed by atoms with Gasteiger partial charge >= 0.3 is 0 Å². The molecule has 122 valence electrons. The minimum atomic E-state index is -0.509. The predicted molar refractivity (Wildman–Crippen MR) is 86.1 cm³/mol. The number of nitro benzene ring substituents is 1. The average molecular weight is 316 g/mol. The van der Waals surface area contributed by atoms with Crippen LogP contribution in [-0.2, 0) is 4.79 Å². The lowest BCUT2D eigenvalue weighted by molar-refractivity contribution is -0.384. The second kappa shape index (κ2) is 6.24. The zero-order valence-corrected chi connectivity index (χ0v) is 13.6. The zero-order chi connectivity index (χ0) is 17.2. The van der Waals surface area contributed by atoms with Crippen LogP contribution in [0.5, 0.6) is 0 Å². The lowest BCUT2D eigenvalue weighted by Gasteiger charge is -2.38. The molecule has 23 heavy (non-hydrogen) atoms. The van der Waals surface area contributed by atoms with Crippen molar-refractivity contribution in [3.63, 3.8) is 0 Å². The molecule has 1 aromatic carbocycles. The molecule has 7 nitrogen and oxygen atoms in total. The lowest BCUT2D eigenvalue weighted by atomic mass is 9.94. The number of piperazine rings is 1. The van der Waals surface area contributed by atoms with Crippen LogP contribution < -0.4 is 4.90 Å². The van der Waals surface area contributed by atoms with Crippen molar-refractivity contribution in [1.29, 1.82) is 5.26 Å². The number of non-ortho nitro benzene ring substituents is 1. The molecule has 0 aliphatic carbocycles. The van der Waals surface area contributed by atoms with Crippen LogP contribution in [0, 0.1) is 26.9 Å². The van der Waals surface area contributed by atoms with Crippen LogP contribution in [0.25, 0.3) is 0 Å². The standard InChI is InChI=1S/C16H20N4O3/c1-16(2,3)15(21)19-8-6-18(7-9-19)14-5-4-13(20(22)23)10-12(14)11-17/h4-5,10H,6-9H2,1-3H3. The maximum atomic E-state index is 12.3. The molecule has 0 radical (unpaired) electrons. The van der Waals surface area contributed by atoms with Crippen molar-refractivity contribution in [3.8, 4) is 6.07 Å². The monoisotopic (exact) mass is 316 g/mol. The largest absolute Gasteiger partial charge is 0.367 e. The fourth-order valence-electron chi connectivity index (χ4n) is 2.63. The van der Waals surface area contributed by atoms with Gasteiger partial charge in [-0.05, 0) is 6.07 Å². The summed E-state index contributed by atoms with van der Waals surface area (Å²) in [6, 6.07) is 6.33. The highest BCUT2D eigenvalue weighted by atomic mass is 16.6. The number of hydrogen-bond donors (Lipinski definition) is 0. The third kappa shape index (κ3) is 3.59. The summed E-state index contributed by atoms with van der Waals surface area (Å²) in [5.41, 5.74) is 0.468. The summed E-state index contributed by atoms with van der Waals surface area (Å²) in [7, 11) is 0. The van der Waals surface area contributed by atoms with Gasteiger partial charge < -0.3 is 9.80 Å². The van der Waals surface area contributed by atoms with E-state index in [9.17, 15) is 20.2 Å². The molecule has 0 N–H and O–H groups in total. The molecular weight excluding hydrogens is 296 g/mol. The van der Waals surface area contributed by atoms with E-state index < -0.39 is 10.3 Å². The topological polar surface area (TPSA) is 90.5 Å². The molecule has 1 aliphatic rings. The fourth-order valence-corrected chi connectivity index (χ4v) is 2.63. The Labute approximate surface area is 135 Å². The summed E-state index contributed by atoms with van der Waals surface area (Å²) in [6.07, 6.45) is 0. The summed E-state index contributed by atoms with van der Waals surface area (Å²) in [5, 5.41) is 20.0. The molecule has 7 heteroatoms. The minimum absolute atomic E-state index is 0.0909. The zero-order valence-electron chi connectivity index (χ0n) is 13.6. The summed E-state index contributed by atoms with van der Waals surface area (Å²) in [4.78, 5) is 26.4. The van der Waals surface area contributed by atoms with Gasteiger partial charge in [0.25, 0.3) is 5.69 Å². The van der Waals surface area contributed by atoms with Crippen LogP contribution >= 0.6 is 0 Å². The number of anilines is 1. The van der Waals surface area contributed by atoms with Gasteiger partial charge in [-0.2, -0.15) is 5.26 Å². The number of carbonyl (C=O) groups is 1. The van der Waals surface area contributed by atoms with Gasteiger partial charge in [-0.15, -0.1) is 0 Å². The van der Waals surface area contributed by atoms with E-state index in [1.54, 1.807) is 6.07 Å². The van der Waals surface area contributed by atoms with Crippen molar-refractivity contribution < 1.29 is 9.72 Å². The van der Waals surface area contributed by atoms with Crippen molar-refractivity contribution >= 4 is 17.3 Å². The number of amides is 1. The maximum Gasteiger partial charge on any atom is 0.270 e. The second-order valence-electron chi connectivity index (χ2n) is 6.60. The van der Waals surface area contributed by atoms with Gasteiger partial charge in [-0.25, -0.2) is 0 Å². The van der Waals surface area contributed by atoms with Gasteiger partial charge in [-0.3, -0.25) is 14.9 Å². The van der Waals surface area contributed by atoms with Gasteiger partial charge in [0.15, 0.2) is 0 Å². The Morgan fingerprint density at radius 2 is 1.87 bits per heavy atom. The van der Waals surface area contributed by atoms with Crippen molar-refractivity contribution in [1.82, 2.24) is 4.90 Å². The number of carbonyl (C=O) groups excluding carboxylic acids is 1. The summed E-state index contributed by atoms with van der Waals surface area (Å²) >= 11 is 0. The molecule has 0 bridgehead atoms. The van der Waals surface area contributed by atoms with Crippen LogP contribution in [0.2, 0.25) is 0 Å². The SMILES string of the molecule is CC(C)(C)C(=O)N1CCN(c2ccc([N+](=O)[O-])cc2C#N)CC1. The van der Waals surface area contributed by atoms with Crippen LogP contribution in [-0.4, -0.2) is 41.9 Å². The molecule has 0 spiro atoms. The summed E-state index contributed by atoms with van der Waals surface area (Å²) < 4.78 is 0. The van der Waals surface area contributed by atoms with E-state index in [4.69, 9.17) is 0 Å². The molecule has 0 unspecified atom stereocenters. The first-order valence-electron chi connectivity index (χ1n) is 7.47. The van der Waals surface area contributed by atoms with E-state index in [0.717, 1.165) is 0 Å². The molecule has 2 rings (SSSR count). The molecule has 1 amide bonds. The van der Waals surface area contributed by atoms with Crippen molar-refractivity contribution in [2.24, 2.45) is 5.41 Å². The predicted octanol–water partition coefficient (Wildman–Crippen LogP) is 2.16. The Bertz CT molecular complexity index is 665. The second-order valence-corrected chi connectivity index (χ2v) is 6.60. The molecule has 1 heterocycles. The molecule has 1 fully saturated rings. The van der Waals surface area contributed by atoms with E-state index in [-0.39, 0.29) is 17.2 Å². The Morgan fingerprint density at radius 1 is 1.26 bits per heavy atom. The number of nitriles is 1. The Hall–Kier alpha value is -2.62. The summed E-state index contributed by atoms with van der Waals surface area (Å²) in [5.74, 6) is 0.112. The number of nitrogens with zero attached hydrogens (tertiary/aromatic N) is 4. The molecule has 0 saturated carbocycles. The van der Waals surface area contributed by atoms with E-state index in [1.165, 1.54) is 12.1 Å². The average Bonchev–Trinajstić information content (AvgIpc) is 2.52. The quantitative estimate of drug-likeness (QED) is 0.616. The van der Waals surface area contributed by atoms with E-state index in [2.05, 4.69) is 0 Å². The highest BCUT2D eigenvalue weighted by Gasteiger charge is 2.30. The number of nitro groups is 1. The highest BCUT2D eigenvalue weighted by molar-refractivity contribution is 5.81. The van der Waals surface area contributed by atoms with Crippen LogP contribution in [0.15, 0.2) is 18.2 Å². The van der Waals surface area contributed by atoms with Crippen molar-refractivity contribution in [2.45, 2.75) is 20.8 Å². The molecule has 1 saturated heterocycles. The third-order valence-corrected chi connectivity index (χ3v) is 3.86. The Morgan fingerprint density at radius 3 is 2.35 bits per heavy atom. The first kappa shape index (κ1) is 16.7. The lowest BCUT2D eigenvalue weighted by Crippen LogP contribution is -2.51. The van der Waals surface area contributed by atoms with E-state index >= 15 is 0 Å². The molecule has 1 aliphatic heterocycles. The first-order chi connectivity index (χ1) is 10.7. The Balaban J connectivity index is 2.13. The molecule has 0 aromatic heterocycles. The third-order valence-electron chi connectivity index (χ3n) is 3.86. The number of rotatable bonds is 2. The van der Waals surface area contributed by atoms with E-state index in [1.807, 2.05) is 36.6 Å².